The second-order valence-electron chi connectivity index (χ2n) is 6.68. The number of hydrogen-bond acceptors (Lipinski definition) is 8. The van der Waals surface area contributed by atoms with Crippen LogP contribution >= 0.6 is 0 Å². The lowest BCUT2D eigenvalue weighted by Crippen LogP contribution is -2.24. The van der Waals surface area contributed by atoms with E-state index in [4.69, 9.17) is 13.7 Å². The van der Waals surface area contributed by atoms with Gasteiger partial charge in [0.2, 0.25) is 6.29 Å². The summed E-state index contributed by atoms with van der Waals surface area (Å²) in [4.78, 5) is 11.7. The summed E-state index contributed by atoms with van der Waals surface area (Å²) in [6.07, 6.45) is -1.24. The predicted molar refractivity (Wildman–Crippen MR) is 95.8 cm³/mol. The van der Waals surface area contributed by atoms with E-state index in [0.717, 1.165) is 5.56 Å². The molecule has 1 saturated heterocycles. The molecule has 3 atom stereocenters. The largest absolute Gasteiger partial charge is 0.507 e. The minimum Gasteiger partial charge on any atom is -0.507 e. The average molecular weight is 406 g/mol. The summed E-state index contributed by atoms with van der Waals surface area (Å²) in [6.45, 7) is 1.84. The highest BCUT2D eigenvalue weighted by molar-refractivity contribution is 7.87. The Morgan fingerprint density at radius 1 is 1.21 bits per heavy atom. The maximum absolute atomic E-state index is 12.5. The summed E-state index contributed by atoms with van der Waals surface area (Å²) in [5.74, 6) is -0.882. The van der Waals surface area contributed by atoms with E-state index in [0.29, 0.717) is 12.0 Å². The molecule has 0 spiro atoms. The zero-order chi connectivity index (χ0) is 20.1. The van der Waals surface area contributed by atoms with Gasteiger partial charge in [-0.15, -0.1) is 0 Å². The second-order valence-corrected chi connectivity index (χ2v) is 8.23. The Hall–Kier alpha value is -2.78. The molecule has 2 aliphatic rings. The Morgan fingerprint density at radius 2 is 1.93 bits per heavy atom. The van der Waals surface area contributed by atoms with Crippen LogP contribution < -0.4 is 8.92 Å². The summed E-state index contributed by atoms with van der Waals surface area (Å²) in [5, 5.41) is 10.4. The van der Waals surface area contributed by atoms with Gasteiger partial charge in [-0.2, -0.15) is 8.42 Å². The van der Waals surface area contributed by atoms with E-state index < -0.39 is 28.5 Å². The van der Waals surface area contributed by atoms with Crippen LogP contribution in [0.25, 0.3) is 0 Å². The van der Waals surface area contributed by atoms with E-state index in [-0.39, 0.29) is 28.1 Å². The third-order valence-electron chi connectivity index (χ3n) is 4.78. The van der Waals surface area contributed by atoms with E-state index in [1.54, 1.807) is 12.1 Å². The molecule has 9 heteroatoms. The van der Waals surface area contributed by atoms with Crippen LogP contribution in [-0.4, -0.2) is 39.0 Å². The molecule has 148 valence electrons. The van der Waals surface area contributed by atoms with Crippen LogP contribution in [0.15, 0.2) is 41.3 Å². The number of carbonyl (C=O) groups excluding carboxylic acids is 1. The average Bonchev–Trinajstić information content (AvgIpc) is 3.18. The standard InChI is InChI=1S/C19H18O8S/c1-10-3-5-12(6-4-10)28(22,23)27-11-7-14(20)17-13-9-16(18(21)24-2)26-19(13)25-15(17)8-11/h3-8,13,16,19-20H,9H2,1-2H3/t13?,16-,19?/m0/s1. The van der Waals surface area contributed by atoms with Crippen molar-refractivity contribution in [2.24, 2.45) is 0 Å². The van der Waals surface area contributed by atoms with Crippen molar-refractivity contribution in [2.75, 3.05) is 7.11 Å². The summed E-state index contributed by atoms with van der Waals surface area (Å²) >= 11 is 0. The van der Waals surface area contributed by atoms with E-state index in [1.165, 1.54) is 31.4 Å². The molecule has 0 amide bonds. The lowest BCUT2D eigenvalue weighted by molar-refractivity contribution is -0.159. The molecule has 8 nitrogen and oxygen atoms in total. The van der Waals surface area contributed by atoms with Gasteiger partial charge in [0.1, 0.15) is 22.1 Å². The van der Waals surface area contributed by atoms with Crippen LogP contribution in [0.5, 0.6) is 17.2 Å². The predicted octanol–water partition coefficient (Wildman–Crippen LogP) is 2.23. The van der Waals surface area contributed by atoms with Gasteiger partial charge < -0.3 is 23.5 Å². The third-order valence-corrected chi connectivity index (χ3v) is 6.04. The summed E-state index contributed by atoms with van der Waals surface area (Å²) in [5.41, 5.74) is 1.37. The summed E-state index contributed by atoms with van der Waals surface area (Å²) in [7, 11) is -2.80. The lowest BCUT2D eigenvalue weighted by Gasteiger charge is -2.13. The van der Waals surface area contributed by atoms with Gasteiger partial charge in [0, 0.05) is 17.7 Å². The molecule has 0 bridgehead atoms. The smallest absolute Gasteiger partial charge is 0.339 e. The Morgan fingerprint density at radius 3 is 2.61 bits per heavy atom. The molecule has 0 aromatic heterocycles. The Bertz CT molecular complexity index is 1030. The zero-order valence-corrected chi connectivity index (χ0v) is 15.9. The van der Waals surface area contributed by atoms with Crippen molar-refractivity contribution in [3.8, 4) is 17.2 Å². The number of ether oxygens (including phenoxy) is 3. The van der Waals surface area contributed by atoms with Crippen molar-refractivity contribution in [2.45, 2.75) is 36.6 Å². The van der Waals surface area contributed by atoms with Crippen molar-refractivity contribution in [1.82, 2.24) is 0 Å². The maximum atomic E-state index is 12.5. The number of hydrogen-bond donors (Lipinski definition) is 1. The van der Waals surface area contributed by atoms with E-state index in [9.17, 15) is 18.3 Å². The van der Waals surface area contributed by atoms with Crippen LogP contribution in [0.3, 0.4) is 0 Å². The highest BCUT2D eigenvalue weighted by Gasteiger charge is 2.48. The van der Waals surface area contributed by atoms with Crippen LogP contribution in [-0.2, 0) is 24.4 Å². The molecule has 2 unspecified atom stereocenters. The first-order chi connectivity index (χ1) is 13.3. The summed E-state index contributed by atoms with van der Waals surface area (Å²) < 4.78 is 45.9. The minimum atomic E-state index is -4.07. The lowest BCUT2D eigenvalue weighted by atomic mass is 9.95. The number of phenolic OH excluding ortho intramolecular Hbond substituents is 1. The molecular weight excluding hydrogens is 388 g/mol. The van der Waals surface area contributed by atoms with E-state index >= 15 is 0 Å². The fraction of sp³-hybridized carbons (Fsp3) is 0.316. The number of aryl methyl sites for hydroxylation is 1. The van der Waals surface area contributed by atoms with Crippen LogP contribution in [0, 0.1) is 6.92 Å². The highest BCUT2D eigenvalue weighted by atomic mass is 32.2. The number of phenols is 1. The normalized spacial score (nSPS) is 22.9. The van der Waals surface area contributed by atoms with Gasteiger partial charge in [0.05, 0.1) is 13.0 Å². The molecule has 1 fully saturated rings. The van der Waals surface area contributed by atoms with E-state index in [1.807, 2.05) is 6.92 Å². The number of esters is 1. The van der Waals surface area contributed by atoms with Crippen molar-refractivity contribution in [3.63, 3.8) is 0 Å². The monoisotopic (exact) mass is 406 g/mol. The molecule has 1 N–H and O–H groups in total. The van der Waals surface area contributed by atoms with Crippen molar-refractivity contribution >= 4 is 16.1 Å². The van der Waals surface area contributed by atoms with Crippen molar-refractivity contribution in [1.29, 1.82) is 0 Å². The van der Waals surface area contributed by atoms with Crippen LogP contribution in [0.4, 0.5) is 0 Å². The molecule has 0 saturated carbocycles. The van der Waals surface area contributed by atoms with Crippen LogP contribution in [0.2, 0.25) is 0 Å². The van der Waals surface area contributed by atoms with Gasteiger partial charge in [0.25, 0.3) is 0 Å². The molecule has 4 rings (SSSR count). The number of fused-ring (bicyclic) bond motifs is 3. The number of aromatic hydroxyl groups is 1. The number of rotatable bonds is 4. The van der Waals surface area contributed by atoms with E-state index in [2.05, 4.69) is 4.74 Å². The molecule has 2 aromatic rings. The SMILES string of the molecule is COC(=O)[C@@H]1CC2c3c(O)cc(OS(=O)(=O)c4ccc(C)cc4)cc3OC2O1. The van der Waals surface area contributed by atoms with Gasteiger partial charge in [-0.1, -0.05) is 17.7 Å². The Balaban J connectivity index is 1.59. The van der Waals surface area contributed by atoms with Gasteiger partial charge in [-0.05, 0) is 25.5 Å². The maximum Gasteiger partial charge on any atom is 0.339 e. The molecule has 2 aromatic carbocycles. The summed E-state index contributed by atoms with van der Waals surface area (Å²) in [6, 6.07) is 8.81. The number of benzene rings is 2. The Kier molecular flexibility index (Phi) is 4.43. The van der Waals surface area contributed by atoms with Crippen molar-refractivity contribution in [3.05, 3.63) is 47.5 Å². The molecule has 2 heterocycles. The molecule has 28 heavy (non-hydrogen) atoms. The first-order valence-electron chi connectivity index (χ1n) is 8.56. The fourth-order valence-corrected chi connectivity index (χ4v) is 4.33. The quantitative estimate of drug-likeness (QED) is 0.608. The first kappa shape index (κ1) is 18.6. The van der Waals surface area contributed by atoms with Gasteiger partial charge in [-0.3, -0.25) is 0 Å². The Labute approximate surface area is 161 Å². The highest BCUT2D eigenvalue weighted by Crippen LogP contribution is 2.51. The van der Waals surface area contributed by atoms with Gasteiger partial charge in [-0.25, -0.2) is 4.79 Å². The van der Waals surface area contributed by atoms with Gasteiger partial charge in [0.15, 0.2) is 6.10 Å². The third kappa shape index (κ3) is 3.16. The number of carbonyl (C=O) groups is 1. The van der Waals surface area contributed by atoms with Crippen molar-refractivity contribution < 1.29 is 36.7 Å². The number of methoxy groups -OCH3 is 1. The molecular formula is C19H18O8S. The molecule has 0 radical (unpaired) electrons. The first-order valence-corrected chi connectivity index (χ1v) is 9.97. The fourth-order valence-electron chi connectivity index (χ4n) is 3.41. The van der Waals surface area contributed by atoms with Gasteiger partial charge >= 0.3 is 16.1 Å². The topological polar surface area (TPSA) is 108 Å². The molecule has 2 aliphatic heterocycles. The second kappa shape index (κ2) is 6.68. The molecule has 0 aliphatic carbocycles. The minimum absolute atomic E-state index is 0.000120. The zero-order valence-electron chi connectivity index (χ0n) is 15.1. The van der Waals surface area contributed by atoms with Crippen LogP contribution in [0.1, 0.15) is 23.5 Å².